The molecule has 0 radical (unpaired) electrons. The van der Waals surface area contributed by atoms with Gasteiger partial charge >= 0.3 is 6.09 Å². The minimum absolute atomic E-state index is 0.281. The van der Waals surface area contributed by atoms with Gasteiger partial charge in [-0.3, -0.25) is 0 Å². The van der Waals surface area contributed by atoms with Crippen LogP contribution < -0.4 is 5.32 Å². The van der Waals surface area contributed by atoms with Gasteiger partial charge in [0.15, 0.2) is 0 Å². The van der Waals surface area contributed by atoms with Crippen LogP contribution in [0.1, 0.15) is 60.8 Å². The molecular formula is C14H27NO2. The molecule has 0 bridgehead atoms. The lowest BCUT2D eigenvalue weighted by molar-refractivity contribution is 0.0502. The zero-order valence-electron chi connectivity index (χ0n) is 12.1. The van der Waals surface area contributed by atoms with Crippen molar-refractivity contribution in [3.8, 4) is 0 Å². The molecule has 3 heteroatoms. The highest BCUT2D eigenvalue weighted by molar-refractivity contribution is 5.68. The third kappa shape index (κ3) is 4.97. The summed E-state index contributed by atoms with van der Waals surface area (Å²) in [5, 5.41) is 2.98. The molecule has 0 aromatic rings. The van der Waals surface area contributed by atoms with Crippen molar-refractivity contribution in [2.24, 2.45) is 11.3 Å². The highest BCUT2D eigenvalue weighted by atomic mass is 16.6. The highest BCUT2D eigenvalue weighted by Gasteiger charge is 2.34. The van der Waals surface area contributed by atoms with E-state index in [2.05, 4.69) is 26.1 Å². The molecule has 2 atom stereocenters. The van der Waals surface area contributed by atoms with Gasteiger partial charge in [-0.2, -0.15) is 0 Å². The molecular weight excluding hydrogens is 214 g/mol. The number of carbonyl (C=O) groups is 1. The first kappa shape index (κ1) is 14.3. The van der Waals surface area contributed by atoms with Crippen LogP contribution in [0.3, 0.4) is 0 Å². The maximum Gasteiger partial charge on any atom is 0.407 e. The smallest absolute Gasteiger partial charge is 0.407 e. The standard InChI is InChI=1S/C14H27NO2/c1-13(2,3)10-7-8-11(9-10)15-12(16)17-14(4,5)6/h10-11H,7-9H2,1-6H3,(H,15,16)/t10-,11+/m1/s1. The van der Waals surface area contributed by atoms with E-state index in [-0.39, 0.29) is 12.1 Å². The molecule has 1 amide bonds. The number of hydrogen-bond donors (Lipinski definition) is 1. The van der Waals surface area contributed by atoms with Crippen LogP contribution in [-0.4, -0.2) is 17.7 Å². The molecule has 17 heavy (non-hydrogen) atoms. The van der Waals surface area contributed by atoms with Crippen molar-refractivity contribution in [2.75, 3.05) is 0 Å². The molecule has 0 spiro atoms. The van der Waals surface area contributed by atoms with Crippen LogP contribution in [0.25, 0.3) is 0 Å². The van der Waals surface area contributed by atoms with Gasteiger partial charge in [-0.05, 0) is 51.4 Å². The van der Waals surface area contributed by atoms with Crippen molar-refractivity contribution in [3.63, 3.8) is 0 Å². The Labute approximate surface area is 105 Å². The van der Waals surface area contributed by atoms with Gasteiger partial charge in [0.1, 0.15) is 5.60 Å². The molecule has 1 aliphatic carbocycles. The van der Waals surface area contributed by atoms with Crippen LogP contribution in [-0.2, 0) is 4.74 Å². The van der Waals surface area contributed by atoms with Crippen molar-refractivity contribution in [1.29, 1.82) is 0 Å². The van der Waals surface area contributed by atoms with Gasteiger partial charge in [0.2, 0.25) is 0 Å². The molecule has 0 aromatic heterocycles. The average molecular weight is 241 g/mol. The van der Waals surface area contributed by atoms with E-state index in [4.69, 9.17) is 4.74 Å². The monoisotopic (exact) mass is 241 g/mol. The van der Waals surface area contributed by atoms with Gasteiger partial charge in [-0.25, -0.2) is 4.79 Å². The van der Waals surface area contributed by atoms with E-state index in [0.717, 1.165) is 12.8 Å². The topological polar surface area (TPSA) is 38.3 Å². The third-order valence-corrected chi connectivity index (χ3v) is 3.38. The number of amides is 1. The third-order valence-electron chi connectivity index (χ3n) is 3.38. The first-order valence-electron chi connectivity index (χ1n) is 6.57. The van der Waals surface area contributed by atoms with Gasteiger partial charge in [0, 0.05) is 6.04 Å². The molecule has 3 nitrogen and oxygen atoms in total. The van der Waals surface area contributed by atoms with Crippen molar-refractivity contribution in [3.05, 3.63) is 0 Å². The fourth-order valence-electron chi connectivity index (χ4n) is 2.37. The second kappa shape index (κ2) is 4.87. The first-order valence-corrected chi connectivity index (χ1v) is 6.57. The molecule has 0 heterocycles. The molecule has 0 aliphatic heterocycles. The van der Waals surface area contributed by atoms with E-state index >= 15 is 0 Å². The number of rotatable bonds is 1. The summed E-state index contributed by atoms with van der Waals surface area (Å²) in [5.41, 5.74) is -0.0729. The summed E-state index contributed by atoms with van der Waals surface area (Å²) >= 11 is 0. The van der Waals surface area contributed by atoms with Crippen LogP contribution in [0.15, 0.2) is 0 Å². The Kier molecular flexibility index (Phi) is 4.11. The maximum atomic E-state index is 11.6. The Bertz CT molecular complexity index is 273. The summed E-state index contributed by atoms with van der Waals surface area (Å²) < 4.78 is 5.27. The lowest BCUT2D eigenvalue weighted by atomic mass is 9.80. The second-order valence-electron chi connectivity index (χ2n) is 7.22. The Morgan fingerprint density at radius 3 is 2.12 bits per heavy atom. The summed E-state index contributed by atoms with van der Waals surface area (Å²) in [4.78, 5) is 11.6. The van der Waals surface area contributed by atoms with Crippen LogP contribution in [0.4, 0.5) is 4.79 Å². The van der Waals surface area contributed by atoms with E-state index in [1.807, 2.05) is 20.8 Å². The van der Waals surface area contributed by atoms with Gasteiger partial charge in [-0.1, -0.05) is 20.8 Å². The Morgan fingerprint density at radius 1 is 1.12 bits per heavy atom. The first-order chi connectivity index (χ1) is 7.58. The summed E-state index contributed by atoms with van der Waals surface area (Å²) in [6, 6.07) is 0.286. The lowest BCUT2D eigenvalue weighted by Gasteiger charge is -2.27. The van der Waals surface area contributed by atoms with Gasteiger partial charge in [0.05, 0.1) is 0 Å². The number of nitrogens with one attached hydrogen (secondary N) is 1. The van der Waals surface area contributed by atoms with Crippen LogP contribution >= 0.6 is 0 Å². The summed E-state index contributed by atoms with van der Waals surface area (Å²) in [5.74, 6) is 0.697. The number of hydrogen-bond acceptors (Lipinski definition) is 2. The fraction of sp³-hybridized carbons (Fsp3) is 0.929. The molecule has 0 unspecified atom stereocenters. The molecule has 100 valence electrons. The Morgan fingerprint density at radius 2 is 1.71 bits per heavy atom. The van der Waals surface area contributed by atoms with E-state index in [1.165, 1.54) is 6.42 Å². The van der Waals surface area contributed by atoms with Crippen molar-refractivity contribution in [1.82, 2.24) is 5.32 Å². The minimum Gasteiger partial charge on any atom is -0.444 e. The fourth-order valence-corrected chi connectivity index (χ4v) is 2.37. The van der Waals surface area contributed by atoms with Crippen molar-refractivity contribution in [2.45, 2.75) is 72.4 Å². The van der Waals surface area contributed by atoms with E-state index < -0.39 is 5.60 Å². The molecule has 1 fully saturated rings. The Balaban J connectivity index is 2.38. The molecule has 1 saturated carbocycles. The highest BCUT2D eigenvalue weighted by Crippen LogP contribution is 2.39. The largest absolute Gasteiger partial charge is 0.444 e. The predicted octanol–water partition coefficient (Wildman–Crippen LogP) is 3.73. The van der Waals surface area contributed by atoms with Crippen LogP contribution in [0.2, 0.25) is 0 Å². The second-order valence-corrected chi connectivity index (χ2v) is 7.22. The van der Waals surface area contributed by atoms with Gasteiger partial charge in [0.25, 0.3) is 0 Å². The molecule has 1 N–H and O–H groups in total. The normalized spacial score (nSPS) is 25.8. The number of alkyl carbamates (subject to hydrolysis) is 1. The summed E-state index contributed by atoms with van der Waals surface area (Å²) in [6.45, 7) is 12.5. The van der Waals surface area contributed by atoms with E-state index in [1.54, 1.807) is 0 Å². The molecule has 1 aliphatic rings. The van der Waals surface area contributed by atoms with Gasteiger partial charge in [-0.15, -0.1) is 0 Å². The minimum atomic E-state index is -0.411. The quantitative estimate of drug-likeness (QED) is 0.759. The molecule has 0 saturated heterocycles. The molecule has 0 aromatic carbocycles. The van der Waals surface area contributed by atoms with Crippen molar-refractivity contribution < 1.29 is 9.53 Å². The predicted molar refractivity (Wildman–Crippen MR) is 70.0 cm³/mol. The average Bonchev–Trinajstić information content (AvgIpc) is 2.47. The zero-order chi connectivity index (χ0) is 13.3. The van der Waals surface area contributed by atoms with Gasteiger partial charge < -0.3 is 10.1 Å². The molecule has 1 rings (SSSR count). The van der Waals surface area contributed by atoms with E-state index in [9.17, 15) is 4.79 Å². The van der Waals surface area contributed by atoms with Crippen LogP contribution in [0.5, 0.6) is 0 Å². The summed E-state index contributed by atoms with van der Waals surface area (Å²) in [7, 11) is 0. The number of ether oxygens (including phenoxy) is 1. The SMILES string of the molecule is CC(C)(C)OC(=O)N[C@H]1CC[C@@H](C(C)(C)C)C1. The van der Waals surface area contributed by atoms with Crippen LogP contribution in [0, 0.1) is 11.3 Å². The van der Waals surface area contributed by atoms with E-state index in [0.29, 0.717) is 11.3 Å². The Hall–Kier alpha value is -0.730. The zero-order valence-corrected chi connectivity index (χ0v) is 12.1. The lowest BCUT2D eigenvalue weighted by Crippen LogP contribution is -2.38. The maximum absolute atomic E-state index is 11.6. The number of carbonyl (C=O) groups excluding carboxylic acids is 1. The van der Waals surface area contributed by atoms with Crippen molar-refractivity contribution >= 4 is 6.09 Å². The summed E-state index contributed by atoms with van der Waals surface area (Å²) in [6.07, 6.45) is 3.06.